The van der Waals surface area contributed by atoms with Crippen LogP contribution in [0.4, 0.5) is 5.69 Å². The van der Waals surface area contributed by atoms with Gasteiger partial charge in [-0.15, -0.1) is 0 Å². The van der Waals surface area contributed by atoms with E-state index in [0.29, 0.717) is 0 Å². The van der Waals surface area contributed by atoms with E-state index in [4.69, 9.17) is 16.3 Å². The van der Waals surface area contributed by atoms with Gasteiger partial charge in [0.25, 0.3) is 0 Å². The minimum atomic E-state index is -0.596. The van der Waals surface area contributed by atoms with Crippen LogP contribution in [0.2, 0.25) is 5.02 Å². The molecule has 0 amide bonds. The molecule has 1 fully saturated rings. The number of halogens is 1. The molecule has 2 aromatic rings. The van der Waals surface area contributed by atoms with Crippen LogP contribution in [0.3, 0.4) is 0 Å². The Balaban J connectivity index is 1.51. The van der Waals surface area contributed by atoms with Gasteiger partial charge in [-0.05, 0) is 56.1 Å². The van der Waals surface area contributed by atoms with E-state index < -0.39 is 5.41 Å². The van der Waals surface area contributed by atoms with Gasteiger partial charge in [0, 0.05) is 36.9 Å². The molecule has 0 bridgehead atoms. The normalized spacial score (nSPS) is 17.2. The number of hydrogen-bond acceptors (Lipinski definition) is 4. The zero-order chi connectivity index (χ0) is 20.0. The Bertz CT molecular complexity index is 758. The lowest BCUT2D eigenvalue weighted by Crippen LogP contribution is -2.47. The average molecular weight is 401 g/mol. The van der Waals surface area contributed by atoms with Crippen LogP contribution in [-0.2, 0) is 14.9 Å². The number of piperazine rings is 1. The molecule has 150 valence electrons. The van der Waals surface area contributed by atoms with Crippen molar-refractivity contribution in [2.24, 2.45) is 0 Å². The predicted molar refractivity (Wildman–Crippen MR) is 115 cm³/mol. The topological polar surface area (TPSA) is 32.8 Å². The molecule has 0 spiro atoms. The van der Waals surface area contributed by atoms with Crippen molar-refractivity contribution in [3.05, 3.63) is 65.2 Å². The number of methoxy groups -OCH3 is 1. The molecular formula is C23H29ClN2O2. The van der Waals surface area contributed by atoms with Gasteiger partial charge in [0.15, 0.2) is 0 Å². The molecule has 1 unspecified atom stereocenters. The molecule has 1 heterocycles. The largest absolute Gasteiger partial charge is 0.468 e. The molecule has 1 aliphatic rings. The molecule has 0 N–H and O–H groups in total. The monoisotopic (exact) mass is 400 g/mol. The van der Waals surface area contributed by atoms with Crippen molar-refractivity contribution in [1.29, 1.82) is 0 Å². The Morgan fingerprint density at radius 1 is 1.04 bits per heavy atom. The summed E-state index contributed by atoms with van der Waals surface area (Å²) in [6, 6.07) is 18.0. The highest BCUT2D eigenvalue weighted by Gasteiger charge is 2.35. The van der Waals surface area contributed by atoms with E-state index in [1.165, 1.54) is 12.8 Å². The van der Waals surface area contributed by atoms with Crippen LogP contribution in [0.15, 0.2) is 54.6 Å². The van der Waals surface area contributed by atoms with Crippen molar-refractivity contribution < 1.29 is 9.53 Å². The Morgan fingerprint density at radius 3 is 2.29 bits per heavy atom. The quantitative estimate of drug-likeness (QED) is 0.646. The average Bonchev–Trinajstić information content (AvgIpc) is 2.74. The molecular weight excluding hydrogens is 372 g/mol. The number of ether oxygens (including phenoxy) is 1. The number of esters is 1. The SMILES string of the molecule is COC(=O)C(C)(CCCN1CCN(c2ccc(Cl)cc2)CC1)c1ccccc1. The molecule has 0 aromatic heterocycles. The van der Waals surface area contributed by atoms with Crippen molar-refractivity contribution in [2.75, 3.05) is 44.7 Å². The van der Waals surface area contributed by atoms with Crippen LogP contribution >= 0.6 is 11.6 Å². The summed E-state index contributed by atoms with van der Waals surface area (Å²) < 4.78 is 5.12. The van der Waals surface area contributed by atoms with E-state index in [0.717, 1.165) is 56.2 Å². The minimum absolute atomic E-state index is 0.161. The summed E-state index contributed by atoms with van der Waals surface area (Å²) in [7, 11) is 1.47. The van der Waals surface area contributed by atoms with Gasteiger partial charge < -0.3 is 9.64 Å². The number of nitrogens with zero attached hydrogens (tertiary/aromatic N) is 2. The van der Waals surface area contributed by atoms with E-state index >= 15 is 0 Å². The van der Waals surface area contributed by atoms with E-state index in [9.17, 15) is 4.79 Å². The summed E-state index contributed by atoms with van der Waals surface area (Å²) in [5, 5.41) is 0.773. The summed E-state index contributed by atoms with van der Waals surface area (Å²) >= 11 is 5.99. The van der Waals surface area contributed by atoms with Crippen molar-refractivity contribution in [3.63, 3.8) is 0 Å². The summed E-state index contributed by atoms with van der Waals surface area (Å²) in [5.74, 6) is -0.161. The number of carbonyl (C=O) groups is 1. The van der Waals surface area contributed by atoms with Gasteiger partial charge in [0.2, 0.25) is 0 Å². The van der Waals surface area contributed by atoms with Gasteiger partial charge in [0.1, 0.15) is 0 Å². The van der Waals surface area contributed by atoms with E-state index in [1.54, 1.807) is 0 Å². The van der Waals surface area contributed by atoms with E-state index in [-0.39, 0.29) is 5.97 Å². The molecule has 0 radical (unpaired) electrons. The molecule has 0 aliphatic carbocycles. The lowest BCUT2D eigenvalue weighted by molar-refractivity contribution is -0.147. The Morgan fingerprint density at radius 2 is 1.68 bits per heavy atom. The molecule has 1 atom stereocenters. The third-order valence-electron chi connectivity index (χ3n) is 5.76. The first-order valence-corrected chi connectivity index (χ1v) is 10.3. The highest BCUT2D eigenvalue weighted by atomic mass is 35.5. The fourth-order valence-electron chi connectivity index (χ4n) is 3.93. The standard InChI is InChI=1S/C23H29ClN2O2/c1-23(22(27)28-2,19-7-4-3-5-8-19)13-6-14-25-15-17-26(18-16-25)21-11-9-20(24)10-12-21/h3-5,7-12H,6,13-18H2,1-2H3. The van der Waals surface area contributed by atoms with Gasteiger partial charge in [-0.1, -0.05) is 41.9 Å². The highest BCUT2D eigenvalue weighted by Crippen LogP contribution is 2.30. The molecule has 1 saturated heterocycles. The van der Waals surface area contributed by atoms with Gasteiger partial charge in [-0.3, -0.25) is 9.69 Å². The van der Waals surface area contributed by atoms with Crippen molar-refractivity contribution in [3.8, 4) is 0 Å². The molecule has 28 heavy (non-hydrogen) atoms. The zero-order valence-corrected chi connectivity index (χ0v) is 17.5. The zero-order valence-electron chi connectivity index (χ0n) is 16.7. The molecule has 4 nitrogen and oxygen atoms in total. The van der Waals surface area contributed by atoms with Crippen molar-refractivity contribution >= 4 is 23.3 Å². The summed E-state index contributed by atoms with van der Waals surface area (Å²) in [5.41, 5.74) is 1.65. The van der Waals surface area contributed by atoms with Crippen LogP contribution in [0.5, 0.6) is 0 Å². The number of rotatable bonds is 7. The molecule has 1 aliphatic heterocycles. The Hall–Kier alpha value is -2.04. The number of anilines is 1. The smallest absolute Gasteiger partial charge is 0.315 e. The molecule has 3 rings (SSSR count). The fourth-order valence-corrected chi connectivity index (χ4v) is 4.06. The second kappa shape index (κ2) is 9.44. The van der Waals surface area contributed by atoms with Gasteiger partial charge in [0.05, 0.1) is 12.5 Å². The van der Waals surface area contributed by atoms with Crippen LogP contribution < -0.4 is 4.90 Å². The number of carbonyl (C=O) groups excluding carboxylic acids is 1. The van der Waals surface area contributed by atoms with Crippen LogP contribution in [0, 0.1) is 0 Å². The third-order valence-corrected chi connectivity index (χ3v) is 6.01. The maximum Gasteiger partial charge on any atom is 0.315 e. The molecule has 0 saturated carbocycles. The van der Waals surface area contributed by atoms with Crippen LogP contribution in [0.25, 0.3) is 0 Å². The number of hydrogen-bond donors (Lipinski definition) is 0. The Labute approximate surface area is 173 Å². The molecule has 2 aromatic carbocycles. The lowest BCUT2D eigenvalue weighted by atomic mass is 9.78. The second-order valence-corrected chi connectivity index (χ2v) is 8.03. The lowest BCUT2D eigenvalue weighted by Gasteiger charge is -2.36. The van der Waals surface area contributed by atoms with E-state index in [1.807, 2.05) is 49.4 Å². The fraction of sp³-hybridized carbons (Fsp3) is 0.435. The summed E-state index contributed by atoms with van der Waals surface area (Å²) in [6.45, 7) is 7.06. The first-order chi connectivity index (χ1) is 13.5. The first-order valence-electron chi connectivity index (χ1n) is 9.90. The van der Waals surface area contributed by atoms with Crippen LogP contribution in [-0.4, -0.2) is 50.7 Å². The van der Waals surface area contributed by atoms with Gasteiger partial charge >= 0.3 is 5.97 Å². The third kappa shape index (κ3) is 4.86. The van der Waals surface area contributed by atoms with E-state index in [2.05, 4.69) is 21.9 Å². The molecule has 5 heteroatoms. The van der Waals surface area contributed by atoms with Crippen molar-refractivity contribution in [1.82, 2.24) is 4.90 Å². The van der Waals surface area contributed by atoms with Crippen LogP contribution in [0.1, 0.15) is 25.3 Å². The second-order valence-electron chi connectivity index (χ2n) is 7.60. The summed E-state index contributed by atoms with van der Waals surface area (Å²) in [4.78, 5) is 17.4. The first kappa shape index (κ1) is 20.7. The highest BCUT2D eigenvalue weighted by molar-refractivity contribution is 6.30. The van der Waals surface area contributed by atoms with Gasteiger partial charge in [-0.25, -0.2) is 0 Å². The number of benzene rings is 2. The minimum Gasteiger partial charge on any atom is -0.468 e. The summed E-state index contributed by atoms with van der Waals surface area (Å²) in [6.07, 6.45) is 1.74. The van der Waals surface area contributed by atoms with Gasteiger partial charge in [-0.2, -0.15) is 0 Å². The predicted octanol–water partition coefficient (Wildman–Crippen LogP) is 4.37. The Kier molecular flexibility index (Phi) is 6.97. The maximum absolute atomic E-state index is 12.5. The maximum atomic E-state index is 12.5. The van der Waals surface area contributed by atoms with Crippen molar-refractivity contribution in [2.45, 2.75) is 25.2 Å².